The van der Waals surface area contributed by atoms with Crippen molar-refractivity contribution >= 4 is 11.3 Å². The van der Waals surface area contributed by atoms with Gasteiger partial charge in [-0.3, -0.25) is 0 Å². The molecular formula is C15H15N3O2S. The SMILES string of the molecule is Cc1ncsc1-c1cncnc1C(c1ccco1)C(C)O. The molecule has 3 heterocycles. The third-order valence-electron chi connectivity index (χ3n) is 3.36. The van der Waals surface area contributed by atoms with Crippen LogP contribution in [0.1, 0.15) is 30.0 Å². The zero-order valence-electron chi connectivity index (χ0n) is 11.7. The number of aliphatic hydroxyl groups is 1. The summed E-state index contributed by atoms with van der Waals surface area (Å²) in [5.41, 5.74) is 4.37. The van der Waals surface area contributed by atoms with Crippen molar-refractivity contribution in [3.8, 4) is 10.4 Å². The standard InChI is InChI=1S/C15H15N3O2S/c1-9-15(21-8-18-9)11-6-16-7-17-14(11)13(10(2)19)12-4-3-5-20-12/h3-8,10,13,19H,1-2H3. The Bertz CT molecular complexity index is 722. The molecule has 3 aromatic rings. The van der Waals surface area contributed by atoms with E-state index in [-0.39, 0.29) is 5.92 Å². The Labute approximate surface area is 126 Å². The Balaban J connectivity index is 2.16. The topological polar surface area (TPSA) is 72.0 Å². The predicted octanol–water partition coefficient (Wildman–Crippen LogP) is 3.01. The Morgan fingerprint density at radius 1 is 1.33 bits per heavy atom. The summed E-state index contributed by atoms with van der Waals surface area (Å²) in [6.07, 6.45) is 4.23. The van der Waals surface area contributed by atoms with Crippen molar-refractivity contribution in [2.75, 3.05) is 0 Å². The van der Waals surface area contributed by atoms with Crippen LogP contribution < -0.4 is 0 Å². The maximum absolute atomic E-state index is 10.2. The van der Waals surface area contributed by atoms with Gasteiger partial charge in [0.2, 0.25) is 0 Å². The molecule has 0 saturated heterocycles. The van der Waals surface area contributed by atoms with E-state index >= 15 is 0 Å². The van der Waals surface area contributed by atoms with Crippen molar-refractivity contribution in [2.45, 2.75) is 25.9 Å². The van der Waals surface area contributed by atoms with Gasteiger partial charge in [0.05, 0.1) is 40.1 Å². The van der Waals surface area contributed by atoms with Crippen molar-refractivity contribution in [3.63, 3.8) is 0 Å². The molecule has 6 heteroatoms. The van der Waals surface area contributed by atoms with Gasteiger partial charge in [-0.1, -0.05) is 0 Å². The molecule has 0 aliphatic carbocycles. The number of hydrogen-bond donors (Lipinski definition) is 1. The summed E-state index contributed by atoms with van der Waals surface area (Å²) in [5.74, 6) is 0.353. The fraction of sp³-hybridized carbons (Fsp3) is 0.267. The third-order valence-corrected chi connectivity index (χ3v) is 4.32. The fourth-order valence-electron chi connectivity index (χ4n) is 2.39. The summed E-state index contributed by atoms with van der Waals surface area (Å²) in [6, 6.07) is 3.66. The molecule has 0 bridgehead atoms. The Kier molecular flexibility index (Phi) is 3.81. The predicted molar refractivity (Wildman–Crippen MR) is 80.1 cm³/mol. The largest absolute Gasteiger partial charge is 0.469 e. The van der Waals surface area contributed by atoms with Crippen LogP contribution in [0.5, 0.6) is 0 Å². The molecule has 2 atom stereocenters. The van der Waals surface area contributed by atoms with Crippen molar-refractivity contribution in [2.24, 2.45) is 0 Å². The van der Waals surface area contributed by atoms with Crippen LogP contribution in [0.25, 0.3) is 10.4 Å². The van der Waals surface area contributed by atoms with Gasteiger partial charge in [0.15, 0.2) is 0 Å². The lowest BCUT2D eigenvalue weighted by Crippen LogP contribution is -2.18. The summed E-state index contributed by atoms with van der Waals surface area (Å²) in [5, 5.41) is 10.2. The normalized spacial score (nSPS) is 14.0. The molecule has 3 aromatic heterocycles. The zero-order chi connectivity index (χ0) is 14.8. The number of hydrogen-bond acceptors (Lipinski definition) is 6. The van der Waals surface area contributed by atoms with E-state index in [2.05, 4.69) is 15.0 Å². The van der Waals surface area contributed by atoms with Gasteiger partial charge in [0.25, 0.3) is 0 Å². The summed E-state index contributed by atoms with van der Waals surface area (Å²) >= 11 is 1.54. The molecule has 108 valence electrons. The quantitative estimate of drug-likeness (QED) is 0.802. The molecule has 0 radical (unpaired) electrons. The van der Waals surface area contributed by atoms with Crippen LogP contribution in [0.2, 0.25) is 0 Å². The van der Waals surface area contributed by atoms with E-state index in [1.165, 1.54) is 17.7 Å². The highest BCUT2D eigenvalue weighted by Gasteiger charge is 2.27. The average molecular weight is 301 g/mol. The molecule has 5 nitrogen and oxygen atoms in total. The Morgan fingerprint density at radius 3 is 2.81 bits per heavy atom. The third kappa shape index (κ3) is 2.59. The van der Waals surface area contributed by atoms with Crippen molar-refractivity contribution < 1.29 is 9.52 Å². The van der Waals surface area contributed by atoms with Gasteiger partial charge in [0.1, 0.15) is 12.1 Å². The average Bonchev–Trinajstić information content (AvgIpc) is 3.11. The first-order chi connectivity index (χ1) is 10.2. The minimum Gasteiger partial charge on any atom is -0.469 e. The van der Waals surface area contributed by atoms with Crippen LogP contribution in [-0.2, 0) is 0 Å². The second-order valence-electron chi connectivity index (χ2n) is 4.82. The number of rotatable bonds is 4. The van der Waals surface area contributed by atoms with Gasteiger partial charge in [-0.05, 0) is 26.0 Å². The molecule has 0 fully saturated rings. The number of furan rings is 1. The smallest absolute Gasteiger partial charge is 0.115 e. The van der Waals surface area contributed by atoms with Crippen molar-refractivity contribution in [1.29, 1.82) is 0 Å². The molecule has 3 rings (SSSR count). The minimum absolute atomic E-state index is 0.334. The first-order valence-electron chi connectivity index (χ1n) is 6.60. The molecule has 0 aromatic carbocycles. The van der Waals surface area contributed by atoms with Gasteiger partial charge in [-0.15, -0.1) is 11.3 Å². The number of aromatic nitrogens is 3. The van der Waals surface area contributed by atoms with E-state index in [9.17, 15) is 5.11 Å². The first kappa shape index (κ1) is 13.9. The van der Waals surface area contributed by atoms with Gasteiger partial charge < -0.3 is 9.52 Å². The van der Waals surface area contributed by atoms with E-state index in [4.69, 9.17) is 4.42 Å². The monoisotopic (exact) mass is 301 g/mol. The second kappa shape index (κ2) is 5.75. The fourth-order valence-corrected chi connectivity index (χ4v) is 3.22. The number of thiazole rings is 1. The molecule has 21 heavy (non-hydrogen) atoms. The van der Waals surface area contributed by atoms with Gasteiger partial charge in [-0.2, -0.15) is 0 Å². The van der Waals surface area contributed by atoms with Crippen LogP contribution >= 0.6 is 11.3 Å². The minimum atomic E-state index is -0.627. The highest BCUT2D eigenvalue weighted by atomic mass is 32.1. The van der Waals surface area contributed by atoms with E-state index in [1.807, 2.05) is 19.1 Å². The van der Waals surface area contributed by atoms with Crippen LogP contribution in [0.15, 0.2) is 40.8 Å². The first-order valence-corrected chi connectivity index (χ1v) is 7.48. The number of aryl methyl sites for hydroxylation is 1. The van der Waals surface area contributed by atoms with E-state index in [0.29, 0.717) is 5.76 Å². The Morgan fingerprint density at radius 2 is 2.19 bits per heavy atom. The lowest BCUT2D eigenvalue weighted by Gasteiger charge is -2.19. The molecular weight excluding hydrogens is 286 g/mol. The van der Waals surface area contributed by atoms with Crippen molar-refractivity contribution in [3.05, 3.63) is 53.6 Å². The highest BCUT2D eigenvalue weighted by molar-refractivity contribution is 7.13. The van der Waals surface area contributed by atoms with E-state index in [0.717, 1.165) is 21.8 Å². The summed E-state index contributed by atoms with van der Waals surface area (Å²) in [6.45, 7) is 3.69. The summed E-state index contributed by atoms with van der Waals surface area (Å²) in [4.78, 5) is 13.8. The van der Waals surface area contributed by atoms with E-state index in [1.54, 1.807) is 24.9 Å². The van der Waals surface area contributed by atoms with Gasteiger partial charge in [-0.25, -0.2) is 15.0 Å². The molecule has 0 spiro atoms. The maximum atomic E-state index is 10.2. The number of aliphatic hydroxyl groups excluding tert-OH is 1. The van der Waals surface area contributed by atoms with Crippen LogP contribution in [0, 0.1) is 6.92 Å². The van der Waals surface area contributed by atoms with Gasteiger partial charge in [0, 0.05) is 11.8 Å². The Hall–Kier alpha value is -2.05. The number of nitrogens with zero attached hydrogens (tertiary/aromatic N) is 3. The highest BCUT2D eigenvalue weighted by Crippen LogP contribution is 2.36. The van der Waals surface area contributed by atoms with Crippen molar-refractivity contribution in [1.82, 2.24) is 15.0 Å². The van der Waals surface area contributed by atoms with E-state index < -0.39 is 6.10 Å². The summed E-state index contributed by atoms with van der Waals surface area (Å²) < 4.78 is 5.48. The van der Waals surface area contributed by atoms with Crippen LogP contribution in [0.3, 0.4) is 0 Å². The molecule has 0 saturated carbocycles. The van der Waals surface area contributed by atoms with Gasteiger partial charge >= 0.3 is 0 Å². The molecule has 0 amide bonds. The second-order valence-corrected chi connectivity index (χ2v) is 5.68. The molecule has 0 aliphatic rings. The van der Waals surface area contributed by atoms with Crippen LogP contribution in [0.4, 0.5) is 0 Å². The maximum Gasteiger partial charge on any atom is 0.115 e. The molecule has 0 aliphatic heterocycles. The molecule has 2 unspecified atom stereocenters. The van der Waals surface area contributed by atoms with Crippen LogP contribution in [-0.4, -0.2) is 26.2 Å². The summed E-state index contributed by atoms with van der Waals surface area (Å²) in [7, 11) is 0. The zero-order valence-corrected chi connectivity index (χ0v) is 12.5. The lowest BCUT2D eigenvalue weighted by atomic mass is 9.92. The molecule has 1 N–H and O–H groups in total. The lowest BCUT2D eigenvalue weighted by molar-refractivity contribution is 0.165.